The Morgan fingerprint density at radius 3 is 1.57 bits per heavy atom. The van der Waals surface area contributed by atoms with E-state index in [1.165, 1.54) is 51.4 Å². The molecule has 23 heavy (non-hydrogen) atoms. The summed E-state index contributed by atoms with van der Waals surface area (Å²) in [7, 11) is 3.83. The first kappa shape index (κ1) is 27.0. The highest BCUT2D eigenvalue weighted by atomic mass is 15.4. The molecule has 1 N–H and O–H groups in total. The second-order valence-corrected chi connectivity index (χ2v) is 5.76. The van der Waals surface area contributed by atoms with Gasteiger partial charge in [-0.2, -0.15) is 0 Å². The van der Waals surface area contributed by atoms with E-state index >= 15 is 0 Å². The van der Waals surface area contributed by atoms with Crippen molar-refractivity contribution in [2.45, 2.75) is 92.9 Å². The van der Waals surface area contributed by atoms with Gasteiger partial charge in [0.15, 0.2) is 0 Å². The third-order valence-electron chi connectivity index (χ3n) is 2.70. The molecule has 140 valence electrons. The fourth-order valence-electron chi connectivity index (χ4n) is 1.49. The molecule has 0 saturated heterocycles. The van der Waals surface area contributed by atoms with Crippen molar-refractivity contribution in [1.82, 2.24) is 20.3 Å². The van der Waals surface area contributed by atoms with Crippen LogP contribution in [0.15, 0.2) is 6.20 Å². The van der Waals surface area contributed by atoms with Gasteiger partial charge in [-0.3, -0.25) is 4.68 Å². The third kappa shape index (κ3) is 33.8. The maximum absolute atomic E-state index is 3.73. The van der Waals surface area contributed by atoms with Gasteiger partial charge in [-0.25, -0.2) is 0 Å². The molecule has 1 rings (SSSR count). The number of rotatable bonds is 7. The minimum Gasteiger partial charge on any atom is -0.320 e. The van der Waals surface area contributed by atoms with Crippen LogP contribution in [-0.4, -0.2) is 28.6 Å². The molecule has 0 radical (unpaired) electrons. The van der Waals surface area contributed by atoms with E-state index in [1.54, 1.807) is 4.68 Å². The second kappa shape index (κ2) is 26.0. The molecule has 0 atom stereocenters. The SMILES string of the molecule is CCC.CCCCCCC.CCCCNC.Cc1cn(C)nn1. The predicted molar refractivity (Wildman–Crippen MR) is 105 cm³/mol. The molecular formula is C19H44N4. The number of hydrogen-bond donors (Lipinski definition) is 1. The van der Waals surface area contributed by atoms with Gasteiger partial charge in [0.05, 0.1) is 5.69 Å². The molecule has 4 nitrogen and oxygen atoms in total. The minimum absolute atomic E-state index is 0.961. The van der Waals surface area contributed by atoms with Crippen molar-refractivity contribution in [3.63, 3.8) is 0 Å². The molecule has 0 aliphatic rings. The Kier molecular flexibility index (Phi) is 30.5. The number of aryl methyl sites for hydroxylation is 2. The predicted octanol–water partition coefficient (Wildman–Crippen LogP) is 5.52. The lowest BCUT2D eigenvalue weighted by molar-refractivity contribution is 0.656. The van der Waals surface area contributed by atoms with Crippen LogP contribution in [0.3, 0.4) is 0 Å². The number of nitrogens with one attached hydrogen (secondary N) is 1. The highest BCUT2D eigenvalue weighted by Crippen LogP contribution is 2.00. The van der Waals surface area contributed by atoms with Crippen LogP contribution in [0.5, 0.6) is 0 Å². The summed E-state index contributed by atoms with van der Waals surface area (Å²) in [6, 6.07) is 0. The Balaban J connectivity index is -0.000000241. The number of unbranched alkanes of at least 4 members (excludes halogenated alkanes) is 5. The molecular weight excluding hydrogens is 284 g/mol. The van der Waals surface area contributed by atoms with Gasteiger partial charge in [-0.1, -0.05) is 84.8 Å². The summed E-state index contributed by atoms with van der Waals surface area (Å²) >= 11 is 0. The Hall–Kier alpha value is -0.900. The van der Waals surface area contributed by atoms with Crippen LogP contribution in [0.4, 0.5) is 0 Å². The number of nitrogens with zero attached hydrogens (tertiary/aromatic N) is 3. The summed E-state index contributed by atoms with van der Waals surface area (Å²) in [5, 5.41) is 10.5. The third-order valence-corrected chi connectivity index (χ3v) is 2.70. The standard InChI is InChI=1S/C7H16.C5H13N.C4H7N3.C3H8/c1-3-5-7-6-4-2;1-3-4-5-6-2;1-4-3-7(2)6-5-4;1-3-2/h3-7H2,1-2H3;6H,3-5H2,1-2H3;3H,1-2H3;3H2,1-2H3. The summed E-state index contributed by atoms with van der Waals surface area (Å²) in [6.45, 7) is 14.0. The Morgan fingerprint density at radius 2 is 1.39 bits per heavy atom. The molecule has 0 aliphatic carbocycles. The Labute approximate surface area is 146 Å². The van der Waals surface area contributed by atoms with Gasteiger partial charge in [0.1, 0.15) is 0 Å². The van der Waals surface area contributed by atoms with Crippen molar-refractivity contribution in [3.8, 4) is 0 Å². The average Bonchev–Trinajstić information content (AvgIpc) is 2.91. The molecule has 0 aliphatic heterocycles. The van der Waals surface area contributed by atoms with E-state index in [1.807, 2.05) is 27.2 Å². The molecule has 0 spiro atoms. The smallest absolute Gasteiger partial charge is 0.0796 e. The topological polar surface area (TPSA) is 42.7 Å². The van der Waals surface area contributed by atoms with E-state index < -0.39 is 0 Å². The van der Waals surface area contributed by atoms with Crippen molar-refractivity contribution < 1.29 is 0 Å². The lowest BCUT2D eigenvalue weighted by atomic mass is 10.2. The van der Waals surface area contributed by atoms with Gasteiger partial charge >= 0.3 is 0 Å². The maximum atomic E-state index is 3.73. The monoisotopic (exact) mass is 328 g/mol. The molecule has 0 saturated carbocycles. The molecule has 0 fully saturated rings. The van der Waals surface area contributed by atoms with Gasteiger partial charge in [0.2, 0.25) is 0 Å². The lowest BCUT2D eigenvalue weighted by Gasteiger charge is -1.90. The van der Waals surface area contributed by atoms with Crippen molar-refractivity contribution >= 4 is 0 Å². The van der Waals surface area contributed by atoms with Gasteiger partial charge in [-0.15, -0.1) is 5.10 Å². The molecule has 4 heteroatoms. The van der Waals surface area contributed by atoms with E-state index in [0.29, 0.717) is 0 Å². The second-order valence-electron chi connectivity index (χ2n) is 5.76. The highest BCUT2D eigenvalue weighted by molar-refractivity contribution is 4.85. The Morgan fingerprint density at radius 1 is 0.913 bits per heavy atom. The van der Waals surface area contributed by atoms with Gasteiger partial charge in [0, 0.05) is 13.2 Å². The van der Waals surface area contributed by atoms with Crippen molar-refractivity contribution in [2.75, 3.05) is 13.6 Å². The summed E-state index contributed by atoms with van der Waals surface area (Å²) in [4.78, 5) is 0. The summed E-state index contributed by atoms with van der Waals surface area (Å²) in [6.07, 6.45) is 12.7. The summed E-state index contributed by atoms with van der Waals surface area (Å²) in [5.41, 5.74) is 0.961. The van der Waals surface area contributed by atoms with Crippen LogP contribution in [0.2, 0.25) is 0 Å². The average molecular weight is 329 g/mol. The van der Waals surface area contributed by atoms with E-state index in [9.17, 15) is 0 Å². The van der Waals surface area contributed by atoms with Gasteiger partial charge in [0.25, 0.3) is 0 Å². The number of aromatic nitrogens is 3. The van der Waals surface area contributed by atoms with Crippen LogP contribution in [0.1, 0.15) is 91.7 Å². The fraction of sp³-hybridized carbons (Fsp3) is 0.895. The van der Waals surface area contributed by atoms with Crippen LogP contribution in [0, 0.1) is 6.92 Å². The molecule has 1 heterocycles. The van der Waals surface area contributed by atoms with Crippen molar-refractivity contribution in [1.29, 1.82) is 0 Å². The Bertz CT molecular complexity index is 260. The normalized spacial score (nSPS) is 8.87. The first-order valence-electron chi connectivity index (χ1n) is 9.51. The van der Waals surface area contributed by atoms with Crippen LogP contribution < -0.4 is 5.32 Å². The van der Waals surface area contributed by atoms with Crippen LogP contribution >= 0.6 is 0 Å². The lowest BCUT2D eigenvalue weighted by Crippen LogP contribution is -2.06. The quantitative estimate of drug-likeness (QED) is 0.670. The zero-order chi connectivity index (χ0) is 18.3. The van der Waals surface area contributed by atoms with Crippen LogP contribution in [-0.2, 0) is 7.05 Å². The van der Waals surface area contributed by atoms with E-state index in [2.05, 4.69) is 50.2 Å². The molecule has 0 bridgehead atoms. The molecule has 0 aromatic carbocycles. The highest BCUT2D eigenvalue weighted by Gasteiger charge is 1.83. The van der Waals surface area contributed by atoms with E-state index in [-0.39, 0.29) is 0 Å². The first-order chi connectivity index (χ1) is 11.0. The fourth-order valence-corrected chi connectivity index (χ4v) is 1.49. The van der Waals surface area contributed by atoms with Gasteiger partial charge in [-0.05, 0) is 26.9 Å². The number of hydrogen-bond acceptors (Lipinski definition) is 3. The molecule has 1 aromatic rings. The molecule has 1 aromatic heterocycles. The zero-order valence-corrected chi connectivity index (χ0v) is 17.3. The first-order valence-corrected chi connectivity index (χ1v) is 9.51. The largest absolute Gasteiger partial charge is 0.320 e. The minimum atomic E-state index is 0.961. The van der Waals surface area contributed by atoms with Gasteiger partial charge < -0.3 is 5.32 Å². The van der Waals surface area contributed by atoms with E-state index in [4.69, 9.17) is 0 Å². The zero-order valence-electron chi connectivity index (χ0n) is 17.3. The summed E-state index contributed by atoms with van der Waals surface area (Å²) < 4.78 is 1.68. The van der Waals surface area contributed by atoms with Crippen molar-refractivity contribution in [3.05, 3.63) is 11.9 Å². The van der Waals surface area contributed by atoms with E-state index in [0.717, 1.165) is 12.2 Å². The van der Waals surface area contributed by atoms with Crippen molar-refractivity contribution in [2.24, 2.45) is 7.05 Å². The molecule has 0 amide bonds. The molecule has 0 unspecified atom stereocenters. The van der Waals surface area contributed by atoms with Crippen LogP contribution in [0.25, 0.3) is 0 Å². The maximum Gasteiger partial charge on any atom is 0.0796 e. The summed E-state index contributed by atoms with van der Waals surface area (Å²) in [5.74, 6) is 0.